The molecule has 0 atom stereocenters. The maximum Gasteiger partial charge on any atom is 0.335 e. The molecule has 2 heterocycles. The van der Waals surface area contributed by atoms with Crippen LogP contribution in [0.1, 0.15) is 16.8 Å². The predicted molar refractivity (Wildman–Crippen MR) is 112 cm³/mol. The van der Waals surface area contributed by atoms with Crippen molar-refractivity contribution in [3.63, 3.8) is 0 Å². The number of benzene rings is 2. The monoisotopic (exact) mass is 401 g/mol. The Hall–Kier alpha value is -4.13. The first-order chi connectivity index (χ1) is 14.3. The molecule has 4 rings (SSSR count). The Morgan fingerprint density at radius 2 is 1.60 bits per heavy atom. The van der Waals surface area contributed by atoms with Gasteiger partial charge in [-0.25, -0.2) is 9.69 Å². The van der Waals surface area contributed by atoms with E-state index in [1.807, 2.05) is 19.9 Å². The number of carbonyl (C=O) groups excluding carboxylic acids is 3. The highest BCUT2D eigenvalue weighted by Crippen LogP contribution is 2.25. The summed E-state index contributed by atoms with van der Waals surface area (Å²) in [4.78, 5) is 38.9. The number of imide groups is 2. The molecular weight excluding hydrogens is 382 g/mol. The molecule has 30 heavy (non-hydrogen) atoms. The number of hydrogen-bond acceptors (Lipinski definition) is 4. The number of rotatable bonds is 3. The molecule has 4 amide bonds. The molecule has 0 bridgehead atoms. The van der Waals surface area contributed by atoms with Crippen LogP contribution in [-0.4, -0.2) is 27.5 Å². The fraction of sp³-hybridized carbons (Fsp3) is 0.0870. The number of barbiturate groups is 1. The number of nitrogens with zero attached hydrogens (tertiary/aromatic N) is 2. The highest BCUT2D eigenvalue weighted by Gasteiger charge is 2.37. The van der Waals surface area contributed by atoms with Gasteiger partial charge in [-0.2, -0.15) is 0 Å². The van der Waals surface area contributed by atoms with Crippen LogP contribution >= 0.6 is 0 Å². The number of phenols is 1. The van der Waals surface area contributed by atoms with Crippen LogP contribution in [-0.2, 0) is 9.59 Å². The van der Waals surface area contributed by atoms with E-state index >= 15 is 0 Å². The molecule has 0 radical (unpaired) electrons. The van der Waals surface area contributed by atoms with Crippen molar-refractivity contribution in [2.75, 3.05) is 4.90 Å². The summed E-state index contributed by atoms with van der Waals surface area (Å²) in [6, 6.07) is 14.5. The fourth-order valence-corrected chi connectivity index (χ4v) is 3.26. The molecule has 1 fully saturated rings. The molecule has 1 aliphatic rings. The molecule has 1 aromatic heterocycles. The molecule has 7 heteroatoms. The highest BCUT2D eigenvalue weighted by molar-refractivity contribution is 6.39. The summed E-state index contributed by atoms with van der Waals surface area (Å²) >= 11 is 0. The van der Waals surface area contributed by atoms with Gasteiger partial charge in [-0.05, 0) is 79.6 Å². The minimum absolute atomic E-state index is 0.134. The second-order valence-corrected chi connectivity index (χ2v) is 7.05. The van der Waals surface area contributed by atoms with Gasteiger partial charge in [0.1, 0.15) is 11.3 Å². The Labute approximate surface area is 172 Å². The normalized spacial score (nSPS) is 15.6. The lowest BCUT2D eigenvalue weighted by Crippen LogP contribution is -2.54. The van der Waals surface area contributed by atoms with Crippen molar-refractivity contribution in [3.8, 4) is 11.4 Å². The highest BCUT2D eigenvalue weighted by atomic mass is 16.3. The van der Waals surface area contributed by atoms with Gasteiger partial charge in [0.2, 0.25) is 0 Å². The number of anilines is 1. The molecule has 1 aliphatic heterocycles. The van der Waals surface area contributed by atoms with Crippen LogP contribution in [0.25, 0.3) is 11.8 Å². The van der Waals surface area contributed by atoms with Gasteiger partial charge < -0.3 is 9.67 Å². The van der Waals surface area contributed by atoms with E-state index in [9.17, 15) is 19.5 Å². The fourth-order valence-electron chi connectivity index (χ4n) is 3.26. The third kappa shape index (κ3) is 3.37. The number of nitrogens with one attached hydrogen (secondary N) is 1. The summed E-state index contributed by atoms with van der Waals surface area (Å²) in [5, 5.41) is 11.7. The van der Waals surface area contributed by atoms with Crippen molar-refractivity contribution in [2.45, 2.75) is 13.8 Å². The van der Waals surface area contributed by atoms with Crippen molar-refractivity contribution in [3.05, 3.63) is 83.2 Å². The third-order valence-electron chi connectivity index (χ3n) is 5.05. The molecule has 7 nitrogen and oxygen atoms in total. The first-order valence-electron chi connectivity index (χ1n) is 9.30. The zero-order valence-corrected chi connectivity index (χ0v) is 16.4. The maximum atomic E-state index is 13.1. The molecule has 3 aromatic rings. The summed E-state index contributed by atoms with van der Waals surface area (Å²) < 4.78 is 1.77. The second-order valence-electron chi connectivity index (χ2n) is 7.05. The molecule has 0 spiro atoms. The zero-order chi connectivity index (χ0) is 21.4. The molecule has 150 valence electrons. The smallest absolute Gasteiger partial charge is 0.335 e. The quantitative estimate of drug-likeness (QED) is 0.519. The van der Waals surface area contributed by atoms with Crippen molar-refractivity contribution < 1.29 is 19.5 Å². The van der Waals surface area contributed by atoms with Crippen molar-refractivity contribution >= 4 is 29.6 Å². The minimum Gasteiger partial charge on any atom is -0.508 e. The Balaban J connectivity index is 1.74. The van der Waals surface area contributed by atoms with Crippen molar-refractivity contribution in [1.29, 1.82) is 0 Å². The van der Waals surface area contributed by atoms with Gasteiger partial charge >= 0.3 is 6.03 Å². The van der Waals surface area contributed by atoms with Gasteiger partial charge in [0.25, 0.3) is 11.8 Å². The van der Waals surface area contributed by atoms with Crippen LogP contribution < -0.4 is 10.2 Å². The summed E-state index contributed by atoms with van der Waals surface area (Å²) in [7, 11) is 0. The summed E-state index contributed by atoms with van der Waals surface area (Å²) in [6.07, 6.45) is 3.22. The number of aromatic nitrogens is 1. The molecule has 1 saturated heterocycles. The lowest BCUT2D eigenvalue weighted by Gasteiger charge is -2.27. The summed E-state index contributed by atoms with van der Waals surface area (Å²) in [6.45, 7) is 3.82. The van der Waals surface area contributed by atoms with Gasteiger partial charge in [-0.1, -0.05) is 6.07 Å². The second kappa shape index (κ2) is 7.36. The largest absolute Gasteiger partial charge is 0.508 e. The number of hydrogen-bond donors (Lipinski definition) is 2. The number of aromatic hydroxyl groups is 1. The molecule has 2 N–H and O–H groups in total. The number of carbonyl (C=O) groups is 3. The van der Waals surface area contributed by atoms with E-state index in [0.29, 0.717) is 11.4 Å². The standard InChI is InChI=1S/C23H19N3O4/c1-14-5-6-18(12-15(14)2)26-22(29)20(21(28)24-23(26)30)13-17-4-3-11-25(17)16-7-9-19(27)10-8-16/h3-13,27H,1-2H3,(H,24,28,30)/b20-13+. The summed E-state index contributed by atoms with van der Waals surface area (Å²) in [5.74, 6) is -1.30. The number of aryl methyl sites for hydroxylation is 2. The Morgan fingerprint density at radius 1 is 0.900 bits per heavy atom. The van der Waals surface area contributed by atoms with Crippen LogP contribution in [0.4, 0.5) is 10.5 Å². The van der Waals surface area contributed by atoms with E-state index in [0.717, 1.165) is 21.7 Å². The van der Waals surface area contributed by atoms with Gasteiger partial charge in [0.15, 0.2) is 0 Å². The maximum absolute atomic E-state index is 13.1. The predicted octanol–water partition coefficient (Wildman–Crippen LogP) is 3.47. The van der Waals surface area contributed by atoms with Crippen LogP contribution in [0.5, 0.6) is 5.75 Å². The molecule has 0 aliphatic carbocycles. The number of amides is 4. The third-order valence-corrected chi connectivity index (χ3v) is 5.05. The molecule has 0 saturated carbocycles. The number of phenolic OH excluding ortho intramolecular Hbond substituents is 1. The Bertz CT molecular complexity index is 1210. The topological polar surface area (TPSA) is 91.6 Å². The van der Waals surface area contributed by atoms with E-state index in [4.69, 9.17) is 0 Å². The van der Waals surface area contributed by atoms with Crippen molar-refractivity contribution in [2.24, 2.45) is 0 Å². The minimum atomic E-state index is -0.778. The van der Waals surface area contributed by atoms with Gasteiger partial charge in [0, 0.05) is 17.6 Å². The lowest BCUT2D eigenvalue weighted by atomic mass is 10.1. The van der Waals surface area contributed by atoms with E-state index in [-0.39, 0.29) is 11.3 Å². The average Bonchev–Trinajstić information content (AvgIpc) is 3.16. The van der Waals surface area contributed by atoms with Gasteiger partial charge in [0.05, 0.1) is 5.69 Å². The lowest BCUT2D eigenvalue weighted by molar-refractivity contribution is -0.122. The average molecular weight is 401 g/mol. The summed E-state index contributed by atoms with van der Waals surface area (Å²) in [5.41, 5.74) is 3.53. The Kier molecular flexibility index (Phi) is 4.71. The molecule has 2 aromatic carbocycles. The van der Waals surface area contributed by atoms with E-state index in [1.165, 1.54) is 6.08 Å². The van der Waals surface area contributed by atoms with Crippen LogP contribution in [0.3, 0.4) is 0 Å². The van der Waals surface area contributed by atoms with Gasteiger partial charge in [-0.3, -0.25) is 14.9 Å². The Morgan fingerprint density at radius 3 is 2.30 bits per heavy atom. The SMILES string of the molecule is Cc1ccc(N2C(=O)NC(=O)/C(=C\c3cccn3-c3ccc(O)cc3)C2=O)cc1C. The first kappa shape index (κ1) is 19.2. The van der Waals surface area contributed by atoms with Crippen LogP contribution in [0, 0.1) is 13.8 Å². The first-order valence-corrected chi connectivity index (χ1v) is 9.30. The number of urea groups is 1. The van der Waals surface area contributed by atoms with E-state index in [1.54, 1.807) is 59.3 Å². The van der Waals surface area contributed by atoms with Crippen molar-refractivity contribution in [1.82, 2.24) is 9.88 Å². The van der Waals surface area contributed by atoms with Gasteiger partial charge in [-0.15, -0.1) is 0 Å². The molecule has 0 unspecified atom stereocenters. The van der Waals surface area contributed by atoms with Crippen LogP contribution in [0.2, 0.25) is 0 Å². The van der Waals surface area contributed by atoms with E-state index < -0.39 is 17.8 Å². The molecular formula is C23H19N3O4. The van der Waals surface area contributed by atoms with E-state index in [2.05, 4.69) is 5.32 Å². The van der Waals surface area contributed by atoms with Crippen LogP contribution in [0.15, 0.2) is 66.4 Å². The zero-order valence-electron chi connectivity index (χ0n) is 16.4.